The highest BCUT2D eigenvalue weighted by atomic mass is 16.6. The van der Waals surface area contributed by atoms with Crippen LogP contribution in [0.1, 0.15) is 44.2 Å². The van der Waals surface area contributed by atoms with Gasteiger partial charge in [-0.3, -0.25) is 4.79 Å². The zero-order chi connectivity index (χ0) is 27.8. The van der Waals surface area contributed by atoms with Crippen LogP contribution < -0.4 is 16.0 Å². The number of rotatable bonds is 14. The number of alkyl carbamates (subject to hydrolysis) is 2. The Morgan fingerprint density at radius 2 is 1.32 bits per heavy atom. The summed E-state index contributed by atoms with van der Waals surface area (Å²) in [6, 6.07) is 16.7. The number of methoxy groups -OCH3 is 1. The van der Waals surface area contributed by atoms with Crippen LogP contribution in [0.5, 0.6) is 0 Å². The van der Waals surface area contributed by atoms with Gasteiger partial charge in [0.15, 0.2) is 0 Å². The van der Waals surface area contributed by atoms with E-state index in [0.717, 1.165) is 11.1 Å². The van der Waals surface area contributed by atoms with Crippen LogP contribution in [0.2, 0.25) is 0 Å². The summed E-state index contributed by atoms with van der Waals surface area (Å²) in [6.07, 6.45) is 0.00853. The van der Waals surface area contributed by atoms with E-state index >= 15 is 0 Å². The predicted octanol–water partition coefficient (Wildman–Crippen LogP) is 3.69. The van der Waals surface area contributed by atoms with Crippen molar-refractivity contribution in [2.45, 2.75) is 58.4 Å². The van der Waals surface area contributed by atoms with Crippen molar-refractivity contribution < 1.29 is 33.4 Å². The van der Waals surface area contributed by atoms with E-state index in [-0.39, 0.29) is 25.6 Å². The fraction of sp³-hybridized carbons (Fsp3) is 0.429. The molecule has 3 amide bonds. The molecule has 3 N–H and O–H groups in total. The number of carbonyl (C=O) groups is 4. The SMILES string of the molecule is COC(=O)[C@@H](NC(=O)[C@@H](CCCCNC(=O)OCc1ccccc1)NC(=O)OCc1ccccc1)C(C)C. The first-order chi connectivity index (χ1) is 18.3. The lowest BCUT2D eigenvalue weighted by atomic mass is 10.0. The molecule has 2 aromatic rings. The Labute approximate surface area is 223 Å². The van der Waals surface area contributed by atoms with Crippen molar-refractivity contribution in [2.75, 3.05) is 13.7 Å². The Morgan fingerprint density at radius 3 is 1.84 bits per heavy atom. The van der Waals surface area contributed by atoms with Crippen molar-refractivity contribution in [3.05, 3.63) is 71.8 Å². The minimum atomic E-state index is -0.950. The highest BCUT2D eigenvalue weighted by Crippen LogP contribution is 2.08. The molecule has 0 aliphatic heterocycles. The van der Waals surface area contributed by atoms with Gasteiger partial charge in [0.05, 0.1) is 7.11 Å². The molecule has 2 atom stereocenters. The fourth-order valence-electron chi connectivity index (χ4n) is 3.49. The zero-order valence-corrected chi connectivity index (χ0v) is 22.1. The molecule has 10 heteroatoms. The van der Waals surface area contributed by atoms with Crippen molar-refractivity contribution in [2.24, 2.45) is 5.92 Å². The third-order valence-corrected chi connectivity index (χ3v) is 5.64. The molecule has 206 valence electrons. The Bertz CT molecular complexity index is 1020. The van der Waals surface area contributed by atoms with Gasteiger partial charge in [-0.1, -0.05) is 74.5 Å². The number of hydrogen-bond donors (Lipinski definition) is 3. The second-order valence-corrected chi connectivity index (χ2v) is 9.00. The van der Waals surface area contributed by atoms with Crippen LogP contribution in [0.4, 0.5) is 9.59 Å². The van der Waals surface area contributed by atoms with Crippen LogP contribution in [-0.2, 0) is 37.0 Å². The molecule has 0 aromatic heterocycles. The Kier molecular flexibility index (Phi) is 13.2. The van der Waals surface area contributed by atoms with Gasteiger partial charge in [-0.25, -0.2) is 14.4 Å². The summed E-state index contributed by atoms with van der Waals surface area (Å²) in [5.74, 6) is -1.32. The second-order valence-electron chi connectivity index (χ2n) is 9.00. The number of nitrogens with one attached hydrogen (secondary N) is 3. The smallest absolute Gasteiger partial charge is 0.408 e. The van der Waals surface area contributed by atoms with E-state index in [1.807, 2.05) is 60.7 Å². The van der Waals surface area contributed by atoms with Gasteiger partial charge in [0.25, 0.3) is 0 Å². The van der Waals surface area contributed by atoms with Gasteiger partial charge in [0.1, 0.15) is 25.3 Å². The van der Waals surface area contributed by atoms with Crippen molar-refractivity contribution in [3.63, 3.8) is 0 Å². The van der Waals surface area contributed by atoms with Gasteiger partial charge >= 0.3 is 18.2 Å². The molecule has 0 aliphatic carbocycles. The third-order valence-electron chi connectivity index (χ3n) is 5.64. The Morgan fingerprint density at radius 1 is 0.763 bits per heavy atom. The average Bonchev–Trinajstić information content (AvgIpc) is 2.93. The number of amides is 3. The van der Waals surface area contributed by atoms with E-state index < -0.39 is 36.1 Å². The predicted molar refractivity (Wildman–Crippen MR) is 141 cm³/mol. The maximum Gasteiger partial charge on any atom is 0.408 e. The minimum absolute atomic E-state index is 0.0484. The Balaban J connectivity index is 1.85. The average molecular weight is 528 g/mol. The van der Waals surface area contributed by atoms with Gasteiger partial charge in [-0.15, -0.1) is 0 Å². The first kappa shape index (κ1) is 30.1. The normalized spacial score (nSPS) is 12.1. The van der Waals surface area contributed by atoms with Crippen molar-refractivity contribution in [1.29, 1.82) is 0 Å². The van der Waals surface area contributed by atoms with Crippen LogP contribution in [0, 0.1) is 5.92 Å². The van der Waals surface area contributed by atoms with E-state index in [0.29, 0.717) is 19.4 Å². The molecule has 2 rings (SSSR count). The summed E-state index contributed by atoms with van der Waals surface area (Å²) in [5, 5.41) is 7.92. The van der Waals surface area contributed by atoms with E-state index in [4.69, 9.17) is 14.2 Å². The number of esters is 1. The molecule has 0 spiro atoms. The standard InChI is InChI=1S/C28H37N3O7/c1-20(2)24(26(33)36-3)31-25(32)23(30-28(35)38-19-22-14-8-5-9-15-22)16-10-11-17-29-27(34)37-18-21-12-6-4-7-13-21/h4-9,12-15,20,23-24H,10-11,16-19H2,1-3H3,(H,29,34)(H,30,35)(H,31,32)/t23-,24+/m1/s1. The van der Waals surface area contributed by atoms with E-state index in [9.17, 15) is 19.2 Å². The summed E-state index contributed by atoms with van der Waals surface area (Å²) < 4.78 is 15.2. The van der Waals surface area contributed by atoms with Crippen molar-refractivity contribution in [1.82, 2.24) is 16.0 Å². The molecule has 0 aliphatic rings. The summed E-state index contributed by atoms with van der Waals surface area (Å²) in [5.41, 5.74) is 1.69. The lowest BCUT2D eigenvalue weighted by Crippen LogP contribution is -2.53. The van der Waals surface area contributed by atoms with Crippen molar-refractivity contribution in [3.8, 4) is 0 Å². The quantitative estimate of drug-likeness (QED) is 0.194. The van der Waals surface area contributed by atoms with Gasteiger partial charge in [0.2, 0.25) is 5.91 Å². The summed E-state index contributed by atoms with van der Waals surface area (Å²) in [4.78, 5) is 49.4. The molecular weight excluding hydrogens is 490 g/mol. The first-order valence-electron chi connectivity index (χ1n) is 12.6. The van der Waals surface area contributed by atoms with Crippen LogP contribution in [-0.4, -0.2) is 49.8 Å². The molecule has 0 saturated heterocycles. The monoisotopic (exact) mass is 527 g/mol. The molecule has 0 unspecified atom stereocenters. The third kappa shape index (κ3) is 11.3. The molecule has 38 heavy (non-hydrogen) atoms. The number of unbranched alkanes of at least 4 members (excludes halogenated alkanes) is 1. The molecule has 2 aromatic carbocycles. The number of benzene rings is 2. The lowest BCUT2D eigenvalue weighted by molar-refractivity contribution is -0.146. The Hall–Kier alpha value is -4.08. The first-order valence-corrected chi connectivity index (χ1v) is 12.6. The summed E-state index contributed by atoms with van der Waals surface area (Å²) in [6.45, 7) is 4.10. The number of ether oxygens (including phenoxy) is 3. The summed E-state index contributed by atoms with van der Waals surface area (Å²) in [7, 11) is 1.25. The highest BCUT2D eigenvalue weighted by Gasteiger charge is 2.29. The van der Waals surface area contributed by atoms with Crippen LogP contribution in [0.3, 0.4) is 0 Å². The van der Waals surface area contributed by atoms with Gasteiger partial charge < -0.3 is 30.2 Å². The molecule has 0 bridgehead atoms. The number of carbonyl (C=O) groups excluding carboxylic acids is 4. The largest absolute Gasteiger partial charge is 0.467 e. The van der Waals surface area contributed by atoms with E-state index in [2.05, 4.69) is 16.0 Å². The lowest BCUT2D eigenvalue weighted by Gasteiger charge is -2.24. The molecule has 0 saturated carbocycles. The maximum absolute atomic E-state index is 13.0. The minimum Gasteiger partial charge on any atom is -0.467 e. The van der Waals surface area contributed by atoms with Crippen LogP contribution in [0.15, 0.2) is 60.7 Å². The zero-order valence-electron chi connectivity index (χ0n) is 22.1. The van der Waals surface area contributed by atoms with Gasteiger partial charge in [0, 0.05) is 6.54 Å². The fourth-order valence-corrected chi connectivity index (χ4v) is 3.49. The number of hydrogen-bond acceptors (Lipinski definition) is 7. The highest BCUT2D eigenvalue weighted by molar-refractivity contribution is 5.89. The summed E-state index contributed by atoms with van der Waals surface area (Å²) >= 11 is 0. The molecule has 0 radical (unpaired) electrons. The van der Waals surface area contributed by atoms with Crippen molar-refractivity contribution >= 4 is 24.1 Å². The molecule has 10 nitrogen and oxygen atoms in total. The van der Waals surface area contributed by atoms with Crippen LogP contribution >= 0.6 is 0 Å². The maximum atomic E-state index is 13.0. The van der Waals surface area contributed by atoms with Gasteiger partial charge in [-0.05, 0) is 36.3 Å². The second kappa shape index (κ2) is 16.6. The van der Waals surface area contributed by atoms with E-state index in [1.54, 1.807) is 13.8 Å². The van der Waals surface area contributed by atoms with Crippen LogP contribution in [0.25, 0.3) is 0 Å². The van der Waals surface area contributed by atoms with Gasteiger partial charge in [-0.2, -0.15) is 0 Å². The topological polar surface area (TPSA) is 132 Å². The van der Waals surface area contributed by atoms with E-state index in [1.165, 1.54) is 7.11 Å². The molecule has 0 heterocycles. The molecular formula is C28H37N3O7. The molecule has 0 fully saturated rings.